The summed E-state index contributed by atoms with van der Waals surface area (Å²) in [5, 5.41) is 4.22. The van der Waals surface area contributed by atoms with Crippen molar-refractivity contribution in [2.75, 3.05) is 21.0 Å². The number of aliphatic imine (C=N–C) groups is 2. The predicted molar refractivity (Wildman–Crippen MR) is 164 cm³/mol. The maximum Gasteiger partial charge on any atom is 0.573 e. The van der Waals surface area contributed by atoms with Gasteiger partial charge in [-0.2, -0.15) is 10.4 Å². The summed E-state index contributed by atoms with van der Waals surface area (Å²) in [6.07, 6.45) is -2.65. The molecule has 2 heterocycles. The summed E-state index contributed by atoms with van der Waals surface area (Å²) < 4.78 is 61.5. The number of amidine groups is 1. The van der Waals surface area contributed by atoms with Gasteiger partial charge in [-0.05, 0) is 66.9 Å². The van der Waals surface area contributed by atoms with Gasteiger partial charge >= 0.3 is 12.4 Å². The molecule has 0 saturated carbocycles. The first-order valence-corrected chi connectivity index (χ1v) is 14.8. The number of hydrogen-bond acceptors (Lipinski definition) is 8. The molecule has 3 aromatic rings. The van der Waals surface area contributed by atoms with Crippen LogP contribution in [0.2, 0.25) is 0 Å². The van der Waals surface area contributed by atoms with E-state index in [1.54, 1.807) is 0 Å². The Labute approximate surface area is 260 Å². The van der Waals surface area contributed by atoms with E-state index in [4.69, 9.17) is 4.74 Å². The zero-order valence-electron chi connectivity index (χ0n) is 24.1. The van der Waals surface area contributed by atoms with Crippen molar-refractivity contribution in [1.29, 1.82) is 0 Å². The fourth-order valence-corrected chi connectivity index (χ4v) is 5.39. The Kier molecular flexibility index (Phi) is 9.70. The van der Waals surface area contributed by atoms with Gasteiger partial charge in [-0.3, -0.25) is 14.7 Å². The summed E-state index contributed by atoms with van der Waals surface area (Å²) in [4.78, 5) is 35.2. The molecule has 5 rings (SSSR count). The molecule has 15 heteroatoms. The number of anilines is 3. The number of aryl methyl sites for hydroxylation is 2. The molecule has 1 unspecified atom stereocenters. The number of urea groups is 1. The van der Waals surface area contributed by atoms with Gasteiger partial charge in [-0.15, -0.1) is 13.2 Å². The SMILES string of the molecule is CCCc1ccc(C)cc1N1C(=O)CSC1=NC(=O)Nc1ccc(COC2N=CN(c3ccc(OC(F)(F)F)cc3)N2)c(F)c1. The Hall–Kier alpha value is -4.47. The third kappa shape index (κ3) is 8.17. The molecule has 1 fully saturated rings. The second kappa shape index (κ2) is 13.7. The first-order chi connectivity index (χ1) is 21.5. The average Bonchev–Trinajstić information content (AvgIpc) is 3.59. The Morgan fingerprint density at radius 1 is 1.13 bits per heavy atom. The molecule has 2 aliphatic rings. The zero-order chi connectivity index (χ0) is 32.1. The number of carbonyl (C=O) groups excluding carboxylic acids is 2. The van der Waals surface area contributed by atoms with Crippen molar-refractivity contribution < 1.29 is 36.6 Å². The van der Waals surface area contributed by atoms with Crippen LogP contribution in [0.5, 0.6) is 5.75 Å². The molecule has 0 radical (unpaired) electrons. The number of ether oxygens (including phenoxy) is 2. The highest BCUT2D eigenvalue weighted by Gasteiger charge is 2.32. The van der Waals surface area contributed by atoms with Crippen molar-refractivity contribution in [3.8, 4) is 5.75 Å². The summed E-state index contributed by atoms with van der Waals surface area (Å²) >= 11 is 1.16. The summed E-state index contributed by atoms with van der Waals surface area (Å²) in [6, 6.07) is 14.3. The summed E-state index contributed by atoms with van der Waals surface area (Å²) in [6.45, 7) is 3.80. The lowest BCUT2D eigenvalue weighted by Crippen LogP contribution is -2.38. The van der Waals surface area contributed by atoms with Crippen molar-refractivity contribution in [2.24, 2.45) is 9.98 Å². The predicted octanol–water partition coefficient (Wildman–Crippen LogP) is 6.51. The molecule has 2 N–H and O–H groups in total. The van der Waals surface area contributed by atoms with Crippen LogP contribution in [0.1, 0.15) is 30.0 Å². The van der Waals surface area contributed by atoms with E-state index in [1.807, 2.05) is 32.0 Å². The standard InChI is InChI=1S/C30H28F4N6O4S/c1-3-4-19-6-5-18(2)13-25(19)40-26(41)16-45-29(40)37-27(42)36-21-8-7-20(24(31)14-21)15-43-28-35-17-39(38-28)22-9-11-23(12-10-22)44-30(32,33)34/h5-14,17,28,38H,3-4,15-16H2,1-2H3,(H,36,42). The zero-order valence-corrected chi connectivity index (χ0v) is 24.9. The normalized spacial score (nSPS) is 17.4. The largest absolute Gasteiger partial charge is 0.573 e. The van der Waals surface area contributed by atoms with Gasteiger partial charge in [-0.1, -0.05) is 43.3 Å². The molecule has 0 spiro atoms. The lowest BCUT2D eigenvalue weighted by Gasteiger charge is -2.20. The number of halogens is 4. The van der Waals surface area contributed by atoms with E-state index in [-0.39, 0.29) is 40.4 Å². The van der Waals surface area contributed by atoms with Gasteiger partial charge in [0.1, 0.15) is 17.9 Å². The molecule has 10 nitrogen and oxygen atoms in total. The molecule has 236 valence electrons. The van der Waals surface area contributed by atoms with Crippen LogP contribution < -0.4 is 25.4 Å². The number of alkyl halides is 3. The van der Waals surface area contributed by atoms with Crippen molar-refractivity contribution in [3.63, 3.8) is 0 Å². The maximum atomic E-state index is 14.9. The second-order valence-corrected chi connectivity index (χ2v) is 10.9. The van der Waals surface area contributed by atoms with Gasteiger partial charge in [-0.25, -0.2) is 14.2 Å². The number of rotatable bonds is 9. The Morgan fingerprint density at radius 2 is 1.89 bits per heavy atom. The highest BCUT2D eigenvalue weighted by molar-refractivity contribution is 8.15. The molecule has 3 amide bonds. The topological polar surface area (TPSA) is 108 Å². The lowest BCUT2D eigenvalue weighted by atomic mass is 10.0. The van der Waals surface area contributed by atoms with Crippen molar-refractivity contribution in [3.05, 3.63) is 83.2 Å². The van der Waals surface area contributed by atoms with E-state index in [0.29, 0.717) is 11.4 Å². The van der Waals surface area contributed by atoms with Crippen LogP contribution in [-0.2, 0) is 22.6 Å². The van der Waals surface area contributed by atoms with Gasteiger partial charge < -0.3 is 14.8 Å². The second-order valence-electron chi connectivity index (χ2n) is 10.00. The van der Waals surface area contributed by atoms with Crippen LogP contribution in [0.3, 0.4) is 0 Å². The third-order valence-electron chi connectivity index (χ3n) is 6.58. The third-order valence-corrected chi connectivity index (χ3v) is 7.50. The van der Waals surface area contributed by atoms with Gasteiger partial charge in [0.25, 0.3) is 0 Å². The summed E-state index contributed by atoms with van der Waals surface area (Å²) in [5.74, 6) is -1.04. The fraction of sp³-hybridized carbons (Fsp3) is 0.267. The van der Waals surface area contributed by atoms with Crippen LogP contribution >= 0.6 is 11.8 Å². The minimum atomic E-state index is -4.79. The Morgan fingerprint density at radius 3 is 2.60 bits per heavy atom. The molecule has 0 aromatic heterocycles. The Balaban J connectivity index is 1.16. The van der Waals surface area contributed by atoms with E-state index in [0.717, 1.165) is 53.9 Å². The molecule has 3 aromatic carbocycles. The van der Waals surface area contributed by atoms with Gasteiger partial charge in [0.05, 0.1) is 23.7 Å². The molecule has 2 aliphatic heterocycles. The van der Waals surface area contributed by atoms with E-state index >= 15 is 0 Å². The number of thioether (sulfide) groups is 1. The summed E-state index contributed by atoms with van der Waals surface area (Å²) in [7, 11) is 0. The monoisotopic (exact) mass is 644 g/mol. The first-order valence-electron chi connectivity index (χ1n) is 13.8. The van der Waals surface area contributed by atoms with Gasteiger partial charge in [0, 0.05) is 11.3 Å². The van der Waals surface area contributed by atoms with E-state index in [2.05, 4.69) is 25.5 Å². The number of nitrogens with zero attached hydrogens (tertiary/aromatic N) is 4. The maximum absolute atomic E-state index is 14.9. The molecule has 1 atom stereocenters. The quantitative estimate of drug-likeness (QED) is 0.256. The van der Waals surface area contributed by atoms with E-state index < -0.39 is 24.6 Å². The van der Waals surface area contributed by atoms with Crippen LogP contribution in [0, 0.1) is 12.7 Å². The number of amides is 3. The number of benzene rings is 3. The minimum absolute atomic E-state index is 0.149. The molecule has 45 heavy (non-hydrogen) atoms. The number of nitrogens with one attached hydrogen (secondary N) is 2. The molecule has 0 aliphatic carbocycles. The molecule has 1 saturated heterocycles. The number of carbonyl (C=O) groups is 2. The smallest absolute Gasteiger partial charge is 0.406 e. The summed E-state index contributed by atoms with van der Waals surface area (Å²) in [5.41, 5.74) is 6.34. The average molecular weight is 645 g/mol. The van der Waals surface area contributed by atoms with Crippen molar-refractivity contribution in [2.45, 2.75) is 46.0 Å². The number of hydrazine groups is 1. The van der Waals surface area contributed by atoms with Crippen LogP contribution in [-0.4, -0.2) is 41.9 Å². The van der Waals surface area contributed by atoms with Crippen LogP contribution in [0.4, 0.5) is 39.4 Å². The van der Waals surface area contributed by atoms with Crippen molar-refractivity contribution >= 4 is 52.3 Å². The Bertz CT molecular complexity index is 1630. The number of hydrogen-bond donors (Lipinski definition) is 2. The van der Waals surface area contributed by atoms with E-state index in [1.165, 1.54) is 40.5 Å². The van der Waals surface area contributed by atoms with E-state index in [9.17, 15) is 27.2 Å². The first kappa shape index (κ1) is 31.9. The lowest BCUT2D eigenvalue weighted by molar-refractivity contribution is -0.274. The van der Waals surface area contributed by atoms with Crippen molar-refractivity contribution in [1.82, 2.24) is 5.43 Å². The highest BCUT2D eigenvalue weighted by Crippen LogP contribution is 2.32. The molecular weight excluding hydrogens is 616 g/mol. The molecule has 0 bridgehead atoms. The van der Waals surface area contributed by atoms with Crippen LogP contribution in [0.15, 0.2) is 70.6 Å². The molecular formula is C30H28F4N6O4S. The van der Waals surface area contributed by atoms with Gasteiger partial charge in [0.2, 0.25) is 12.3 Å². The fourth-order valence-electron chi connectivity index (χ4n) is 4.54. The van der Waals surface area contributed by atoms with Gasteiger partial charge in [0.15, 0.2) is 5.17 Å². The van der Waals surface area contributed by atoms with Crippen LogP contribution in [0.25, 0.3) is 0 Å². The highest BCUT2D eigenvalue weighted by atomic mass is 32.2. The minimum Gasteiger partial charge on any atom is -0.406 e.